The molecule has 0 heterocycles. The Kier molecular flexibility index (Phi) is 5.78. The smallest absolute Gasteiger partial charge is 0.270 e. The Balaban J connectivity index is 2.52. The molecule has 4 nitrogen and oxygen atoms in total. The molecule has 0 saturated carbocycles. The van der Waals surface area contributed by atoms with E-state index in [2.05, 4.69) is 0 Å². The van der Waals surface area contributed by atoms with Crippen LogP contribution in [0.1, 0.15) is 37.8 Å². The van der Waals surface area contributed by atoms with Crippen LogP contribution in [0.2, 0.25) is 0 Å². The van der Waals surface area contributed by atoms with Crippen molar-refractivity contribution in [1.82, 2.24) is 0 Å². The van der Waals surface area contributed by atoms with Gasteiger partial charge in [-0.3, -0.25) is 4.79 Å². The highest BCUT2D eigenvalue weighted by atomic mass is 32.2. The summed E-state index contributed by atoms with van der Waals surface area (Å²) in [6, 6.07) is 13.6. The first kappa shape index (κ1) is 18.2. The molecule has 128 valence electrons. The summed E-state index contributed by atoms with van der Waals surface area (Å²) in [4.78, 5) is 12.7. The van der Waals surface area contributed by atoms with E-state index in [1.165, 1.54) is 12.1 Å². The van der Waals surface area contributed by atoms with Crippen LogP contribution < -0.4 is 4.31 Å². The lowest BCUT2D eigenvalue weighted by atomic mass is 10.1. The molecule has 1 amide bonds. The molecule has 0 bridgehead atoms. The number of carbonyl (C=O) groups excluding carboxylic acids is 1. The van der Waals surface area contributed by atoms with Crippen LogP contribution in [0.25, 0.3) is 0 Å². The lowest BCUT2D eigenvalue weighted by molar-refractivity contribution is -0.117. The quantitative estimate of drug-likeness (QED) is 0.793. The minimum absolute atomic E-state index is 0.122. The van der Waals surface area contributed by atoms with Gasteiger partial charge in [-0.15, -0.1) is 0 Å². The number of anilines is 1. The average molecular weight is 345 g/mol. The van der Waals surface area contributed by atoms with Crippen LogP contribution in [-0.2, 0) is 21.2 Å². The summed E-state index contributed by atoms with van der Waals surface area (Å²) < 4.78 is 27.0. The normalized spacial score (nSPS) is 11.3. The van der Waals surface area contributed by atoms with E-state index in [1.807, 2.05) is 32.9 Å². The summed E-state index contributed by atoms with van der Waals surface area (Å²) in [6.45, 7) is 5.77. The predicted molar refractivity (Wildman–Crippen MR) is 96.6 cm³/mol. The molecule has 0 aliphatic rings. The van der Waals surface area contributed by atoms with Crippen LogP contribution in [0.5, 0.6) is 0 Å². The summed E-state index contributed by atoms with van der Waals surface area (Å²) in [5, 5.41) is 0. The van der Waals surface area contributed by atoms with Gasteiger partial charge in [0.25, 0.3) is 10.0 Å². The summed E-state index contributed by atoms with van der Waals surface area (Å²) in [5.41, 5.74) is 2.44. The Labute approximate surface area is 144 Å². The van der Waals surface area contributed by atoms with Crippen LogP contribution in [0.15, 0.2) is 53.4 Å². The molecule has 2 aromatic carbocycles. The first-order chi connectivity index (χ1) is 11.4. The number of amides is 1. The van der Waals surface area contributed by atoms with Gasteiger partial charge in [-0.05, 0) is 49.6 Å². The molecule has 0 N–H and O–H groups in total. The molecule has 0 aliphatic heterocycles. The van der Waals surface area contributed by atoms with Gasteiger partial charge in [0.2, 0.25) is 5.91 Å². The zero-order chi connectivity index (χ0) is 17.7. The molecule has 2 aromatic rings. The van der Waals surface area contributed by atoms with E-state index in [1.54, 1.807) is 24.3 Å². The fourth-order valence-corrected chi connectivity index (χ4v) is 3.86. The number of sulfonamides is 1. The molecule has 0 radical (unpaired) electrons. The standard InChI is InChI=1S/C19H23NO3S/c1-4-6-19(21)20(17-11-9-16(5-2)10-12-17)24(22,23)18-13-7-15(3)8-14-18/h7-14H,4-6H2,1-3H3. The van der Waals surface area contributed by atoms with Crippen LogP contribution in [0.3, 0.4) is 0 Å². The molecule has 2 rings (SSSR count). The summed E-state index contributed by atoms with van der Waals surface area (Å²) >= 11 is 0. The molecule has 0 saturated heterocycles. The Hall–Kier alpha value is -2.14. The average Bonchev–Trinajstić information content (AvgIpc) is 2.56. The van der Waals surface area contributed by atoms with Crippen molar-refractivity contribution in [3.8, 4) is 0 Å². The molecule has 5 heteroatoms. The second-order valence-corrected chi connectivity index (χ2v) is 7.53. The van der Waals surface area contributed by atoms with Gasteiger partial charge >= 0.3 is 0 Å². The monoisotopic (exact) mass is 345 g/mol. The second-order valence-electron chi connectivity index (χ2n) is 5.75. The Morgan fingerprint density at radius 1 is 0.958 bits per heavy atom. The molecule has 0 fully saturated rings. The third kappa shape index (κ3) is 3.85. The third-order valence-corrected chi connectivity index (χ3v) is 5.59. The number of hydrogen-bond donors (Lipinski definition) is 0. The van der Waals surface area contributed by atoms with Gasteiger partial charge in [0.1, 0.15) is 0 Å². The van der Waals surface area contributed by atoms with Crippen LogP contribution in [-0.4, -0.2) is 14.3 Å². The third-order valence-electron chi connectivity index (χ3n) is 3.83. The Morgan fingerprint density at radius 2 is 1.54 bits per heavy atom. The fraction of sp³-hybridized carbons (Fsp3) is 0.316. The SMILES string of the molecule is CCCC(=O)N(c1ccc(CC)cc1)S(=O)(=O)c1ccc(C)cc1. The van der Waals surface area contributed by atoms with E-state index in [-0.39, 0.29) is 11.3 Å². The van der Waals surface area contributed by atoms with Crippen molar-refractivity contribution in [2.75, 3.05) is 4.31 Å². The lowest BCUT2D eigenvalue weighted by Gasteiger charge is -2.23. The van der Waals surface area contributed by atoms with Gasteiger partial charge in [0, 0.05) is 6.42 Å². The van der Waals surface area contributed by atoms with Crippen molar-refractivity contribution < 1.29 is 13.2 Å². The molecule has 0 atom stereocenters. The van der Waals surface area contributed by atoms with Gasteiger partial charge in [0.05, 0.1) is 10.6 Å². The highest BCUT2D eigenvalue weighted by molar-refractivity contribution is 7.93. The summed E-state index contributed by atoms with van der Waals surface area (Å²) in [5.74, 6) is -0.415. The number of benzene rings is 2. The number of hydrogen-bond acceptors (Lipinski definition) is 3. The fourth-order valence-electron chi connectivity index (χ4n) is 2.41. The Morgan fingerprint density at radius 3 is 2.04 bits per heavy atom. The number of carbonyl (C=O) groups is 1. The molecular weight excluding hydrogens is 322 g/mol. The molecule has 0 unspecified atom stereocenters. The first-order valence-corrected chi connectivity index (χ1v) is 9.58. The van der Waals surface area contributed by atoms with E-state index in [9.17, 15) is 13.2 Å². The zero-order valence-corrected chi connectivity index (χ0v) is 15.1. The van der Waals surface area contributed by atoms with E-state index < -0.39 is 15.9 Å². The maximum atomic E-state index is 13.0. The van der Waals surface area contributed by atoms with Crippen molar-refractivity contribution in [1.29, 1.82) is 0 Å². The van der Waals surface area contributed by atoms with Crippen molar-refractivity contribution in [3.05, 3.63) is 59.7 Å². The minimum atomic E-state index is -3.93. The molecule has 0 aromatic heterocycles. The molecular formula is C19H23NO3S. The molecule has 0 spiro atoms. The Bertz CT molecular complexity index is 794. The van der Waals surface area contributed by atoms with Gasteiger partial charge in [-0.25, -0.2) is 12.7 Å². The summed E-state index contributed by atoms with van der Waals surface area (Å²) in [6.07, 6.45) is 1.63. The van der Waals surface area contributed by atoms with Crippen molar-refractivity contribution in [3.63, 3.8) is 0 Å². The highest BCUT2D eigenvalue weighted by Gasteiger charge is 2.30. The largest absolute Gasteiger partial charge is 0.273 e. The minimum Gasteiger partial charge on any atom is -0.273 e. The maximum absolute atomic E-state index is 13.0. The van der Waals surface area contributed by atoms with E-state index in [0.29, 0.717) is 12.1 Å². The van der Waals surface area contributed by atoms with Crippen molar-refractivity contribution in [2.24, 2.45) is 0 Å². The van der Waals surface area contributed by atoms with E-state index in [4.69, 9.17) is 0 Å². The van der Waals surface area contributed by atoms with E-state index in [0.717, 1.165) is 21.9 Å². The number of rotatable bonds is 6. The van der Waals surface area contributed by atoms with Crippen LogP contribution in [0.4, 0.5) is 5.69 Å². The van der Waals surface area contributed by atoms with Gasteiger partial charge < -0.3 is 0 Å². The first-order valence-electron chi connectivity index (χ1n) is 8.14. The van der Waals surface area contributed by atoms with Crippen LogP contribution in [0, 0.1) is 6.92 Å². The van der Waals surface area contributed by atoms with E-state index >= 15 is 0 Å². The van der Waals surface area contributed by atoms with Crippen molar-refractivity contribution in [2.45, 2.75) is 44.9 Å². The second kappa shape index (κ2) is 7.62. The number of aryl methyl sites for hydroxylation is 2. The van der Waals surface area contributed by atoms with Gasteiger partial charge in [-0.2, -0.15) is 0 Å². The van der Waals surface area contributed by atoms with Crippen molar-refractivity contribution >= 4 is 21.6 Å². The molecule has 24 heavy (non-hydrogen) atoms. The van der Waals surface area contributed by atoms with Gasteiger partial charge in [0.15, 0.2) is 0 Å². The number of nitrogens with zero attached hydrogens (tertiary/aromatic N) is 1. The lowest BCUT2D eigenvalue weighted by Crippen LogP contribution is -2.36. The molecule has 0 aliphatic carbocycles. The van der Waals surface area contributed by atoms with Gasteiger partial charge in [-0.1, -0.05) is 43.7 Å². The maximum Gasteiger partial charge on any atom is 0.270 e. The predicted octanol–water partition coefficient (Wildman–Crippen LogP) is 4.08. The van der Waals surface area contributed by atoms with Crippen LogP contribution >= 0.6 is 0 Å². The summed E-state index contributed by atoms with van der Waals surface area (Å²) in [7, 11) is -3.93. The topological polar surface area (TPSA) is 54.5 Å². The highest BCUT2D eigenvalue weighted by Crippen LogP contribution is 2.26. The zero-order valence-electron chi connectivity index (χ0n) is 14.3.